The maximum Gasteiger partial charge on any atom is 0.137 e. The van der Waals surface area contributed by atoms with Crippen molar-refractivity contribution in [3.05, 3.63) is 34.1 Å². The Kier molecular flexibility index (Phi) is 4.67. The molecule has 1 fully saturated rings. The number of rotatable bonds is 2. The van der Waals surface area contributed by atoms with E-state index in [2.05, 4.69) is 41.6 Å². The quantitative estimate of drug-likeness (QED) is 0.750. The van der Waals surface area contributed by atoms with E-state index in [1.807, 2.05) is 12.1 Å². The van der Waals surface area contributed by atoms with Crippen LogP contribution in [0.5, 0.6) is 0 Å². The molecule has 2 rings (SSSR count). The lowest BCUT2D eigenvalue weighted by Gasteiger charge is -2.38. The van der Waals surface area contributed by atoms with Crippen molar-refractivity contribution in [3.8, 4) is 0 Å². The van der Waals surface area contributed by atoms with Gasteiger partial charge in [0.1, 0.15) is 5.82 Å². The van der Waals surface area contributed by atoms with Gasteiger partial charge in [0.15, 0.2) is 0 Å². The number of hydrogen-bond acceptors (Lipinski definition) is 1. The molecule has 19 heavy (non-hydrogen) atoms. The van der Waals surface area contributed by atoms with E-state index in [-0.39, 0.29) is 5.82 Å². The normalized spacial score (nSPS) is 18.8. The molecule has 106 valence electrons. The number of halogens is 2. The molecule has 0 aromatic heterocycles. The molecule has 1 heterocycles. The second-order valence-electron chi connectivity index (χ2n) is 6.66. The summed E-state index contributed by atoms with van der Waals surface area (Å²) >= 11 is 3.25. The maximum absolute atomic E-state index is 13.2. The highest BCUT2D eigenvalue weighted by Crippen LogP contribution is 2.34. The van der Waals surface area contributed by atoms with E-state index in [1.54, 1.807) is 6.07 Å². The Morgan fingerprint density at radius 3 is 2.42 bits per heavy atom. The molecule has 1 aliphatic rings. The minimum Gasteiger partial charge on any atom is -0.299 e. The lowest BCUT2D eigenvalue weighted by Crippen LogP contribution is -2.37. The van der Waals surface area contributed by atoms with Gasteiger partial charge in [-0.25, -0.2) is 4.39 Å². The number of benzene rings is 1. The summed E-state index contributed by atoms with van der Waals surface area (Å²) in [6.45, 7) is 10.2. The average Bonchev–Trinajstić information content (AvgIpc) is 2.33. The van der Waals surface area contributed by atoms with Gasteiger partial charge < -0.3 is 0 Å². The van der Waals surface area contributed by atoms with Crippen molar-refractivity contribution in [2.75, 3.05) is 13.1 Å². The fourth-order valence-corrected chi connectivity index (χ4v) is 3.28. The fourth-order valence-electron chi connectivity index (χ4n) is 2.85. The summed E-state index contributed by atoms with van der Waals surface area (Å²) in [7, 11) is 0. The van der Waals surface area contributed by atoms with Gasteiger partial charge in [0.25, 0.3) is 0 Å². The monoisotopic (exact) mass is 327 g/mol. The van der Waals surface area contributed by atoms with Crippen LogP contribution in [0.3, 0.4) is 0 Å². The van der Waals surface area contributed by atoms with Gasteiger partial charge >= 0.3 is 0 Å². The SMILES string of the molecule is CC(C)(C)C1CCN(Cc2ccc(F)c(Br)c2)CC1. The molecule has 0 aliphatic carbocycles. The zero-order valence-corrected chi connectivity index (χ0v) is 13.6. The standard InChI is InChI=1S/C16H23BrFN/c1-16(2,3)13-6-8-19(9-7-13)11-12-4-5-15(18)14(17)10-12/h4-5,10,13H,6-9,11H2,1-3H3. The number of likely N-dealkylation sites (tertiary alicyclic amines) is 1. The summed E-state index contributed by atoms with van der Waals surface area (Å²) < 4.78 is 13.8. The molecule has 0 N–H and O–H groups in total. The van der Waals surface area contributed by atoms with Gasteiger partial charge in [0.2, 0.25) is 0 Å². The van der Waals surface area contributed by atoms with Gasteiger partial charge in [-0.05, 0) is 70.9 Å². The molecule has 1 aromatic rings. The predicted molar refractivity (Wildman–Crippen MR) is 81.6 cm³/mol. The molecule has 0 amide bonds. The Morgan fingerprint density at radius 2 is 1.89 bits per heavy atom. The Labute approximate surface area is 124 Å². The van der Waals surface area contributed by atoms with E-state index in [1.165, 1.54) is 18.4 Å². The van der Waals surface area contributed by atoms with E-state index in [0.717, 1.165) is 25.6 Å². The van der Waals surface area contributed by atoms with Crippen molar-refractivity contribution in [1.82, 2.24) is 4.90 Å². The molecule has 1 aliphatic heterocycles. The van der Waals surface area contributed by atoms with Crippen LogP contribution in [0.1, 0.15) is 39.2 Å². The highest BCUT2D eigenvalue weighted by molar-refractivity contribution is 9.10. The van der Waals surface area contributed by atoms with Gasteiger partial charge in [-0.3, -0.25) is 4.90 Å². The highest BCUT2D eigenvalue weighted by Gasteiger charge is 2.28. The van der Waals surface area contributed by atoms with E-state index in [9.17, 15) is 4.39 Å². The summed E-state index contributed by atoms with van der Waals surface area (Å²) in [5.74, 6) is 0.638. The average molecular weight is 328 g/mol. The number of nitrogens with zero attached hydrogens (tertiary/aromatic N) is 1. The molecule has 1 saturated heterocycles. The van der Waals surface area contributed by atoms with Crippen molar-refractivity contribution in [3.63, 3.8) is 0 Å². The zero-order valence-electron chi connectivity index (χ0n) is 12.0. The summed E-state index contributed by atoms with van der Waals surface area (Å²) in [6, 6.07) is 5.32. The van der Waals surface area contributed by atoms with E-state index in [4.69, 9.17) is 0 Å². The summed E-state index contributed by atoms with van der Waals surface area (Å²) in [6.07, 6.45) is 2.54. The maximum atomic E-state index is 13.2. The number of piperidine rings is 1. The molecule has 0 unspecified atom stereocenters. The molecule has 0 spiro atoms. The van der Waals surface area contributed by atoms with Crippen LogP contribution >= 0.6 is 15.9 Å². The van der Waals surface area contributed by atoms with Crippen LogP contribution in [0.2, 0.25) is 0 Å². The third-order valence-corrected chi connectivity index (χ3v) is 4.81. The molecule has 1 nitrogen and oxygen atoms in total. The minimum absolute atomic E-state index is 0.185. The lowest BCUT2D eigenvalue weighted by molar-refractivity contribution is 0.108. The number of hydrogen-bond donors (Lipinski definition) is 0. The van der Waals surface area contributed by atoms with Crippen LogP contribution < -0.4 is 0 Å². The molecule has 0 saturated carbocycles. The van der Waals surface area contributed by atoms with Gasteiger partial charge in [0.05, 0.1) is 4.47 Å². The molecule has 3 heteroatoms. The van der Waals surface area contributed by atoms with Crippen LogP contribution in [0.15, 0.2) is 22.7 Å². The highest BCUT2D eigenvalue weighted by atomic mass is 79.9. The summed E-state index contributed by atoms with van der Waals surface area (Å²) in [5, 5.41) is 0. The Morgan fingerprint density at radius 1 is 1.26 bits per heavy atom. The van der Waals surface area contributed by atoms with Crippen LogP contribution in [0.25, 0.3) is 0 Å². The van der Waals surface area contributed by atoms with Gasteiger partial charge in [0, 0.05) is 6.54 Å². The first-order valence-electron chi connectivity index (χ1n) is 7.02. The van der Waals surface area contributed by atoms with Crippen molar-refractivity contribution in [1.29, 1.82) is 0 Å². The Bertz CT molecular complexity index is 431. The smallest absolute Gasteiger partial charge is 0.137 e. The Balaban J connectivity index is 1.90. The van der Waals surface area contributed by atoms with Crippen molar-refractivity contribution >= 4 is 15.9 Å². The van der Waals surface area contributed by atoms with E-state index in [0.29, 0.717) is 9.89 Å². The second kappa shape index (κ2) is 5.92. The Hall–Kier alpha value is -0.410. The van der Waals surface area contributed by atoms with Crippen LogP contribution in [-0.2, 0) is 6.54 Å². The molecular formula is C16H23BrFN. The zero-order chi connectivity index (χ0) is 14.0. The first kappa shape index (κ1) is 15.0. The van der Waals surface area contributed by atoms with Crippen molar-refractivity contribution < 1.29 is 4.39 Å². The van der Waals surface area contributed by atoms with E-state index < -0.39 is 0 Å². The minimum atomic E-state index is -0.185. The van der Waals surface area contributed by atoms with E-state index >= 15 is 0 Å². The van der Waals surface area contributed by atoms with Crippen LogP contribution in [-0.4, -0.2) is 18.0 Å². The molecule has 0 radical (unpaired) electrons. The van der Waals surface area contributed by atoms with Crippen molar-refractivity contribution in [2.45, 2.75) is 40.2 Å². The van der Waals surface area contributed by atoms with Gasteiger partial charge in [-0.1, -0.05) is 26.8 Å². The fraction of sp³-hybridized carbons (Fsp3) is 0.625. The molecule has 0 atom stereocenters. The van der Waals surface area contributed by atoms with Crippen molar-refractivity contribution in [2.24, 2.45) is 11.3 Å². The summed E-state index contributed by atoms with van der Waals surface area (Å²) in [4.78, 5) is 2.47. The largest absolute Gasteiger partial charge is 0.299 e. The first-order valence-corrected chi connectivity index (χ1v) is 7.82. The second-order valence-corrected chi connectivity index (χ2v) is 7.52. The third kappa shape index (κ3) is 4.03. The molecule has 1 aromatic carbocycles. The first-order chi connectivity index (χ1) is 8.86. The van der Waals surface area contributed by atoms with Gasteiger partial charge in [-0.15, -0.1) is 0 Å². The topological polar surface area (TPSA) is 3.24 Å². The van der Waals surface area contributed by atoms with Crippen LogP contribution in [0.4, 0.5) is 4.39 Å². The van der Waals surface area contributed by atoms with Gasteiger partial charge in [-0.2, -0.15) is 0 Å². The third-order valence-electron chi connectivity index (χ3n) is 4.20. The van der Waals surface area contributed by atoms with Crippen LogP contribution in [0, 0.1) is 17.2 Å². The molecular weight excluding hydrogens is 305 g/mol. The lowest BCUT2D eigenvalue weighted by atomic mass is 9.75. The predicted octanol–water partition coefficient (Wildman–Crippen LogP) is 4.85. The molecule has 0 bridgehead atoms. The summed E-state index contributed by atoms with van der Waals surface area (Å²) in [5.41, 5.74) is 1.60.